The van der Waals surface area contributed by atoms with Gasteiger partial charge in [-0.2, -0.15) is 0 Å². The molecule has 4 rings (SSSR count). The SMILES string of the molecule is CCOC(=O)c1c(NC(=O)CSc2nnc(-c3ccc(OCC(C)C)cc3)n2CC)sc2c1CCCC2. The highest BCUT2D eigenvalue weighted by Gasteiger charge is 2.27. The highest BCUT2D eigenvalue weighted by Crippen LogP contribution is 2.38. The lowest BCUT2D eigenvalue weighted by molar-refractivity contribution is -0.113. The van der Waals surface area contributed by atoms with E-state index in [0.717, 1.165) is 48.4 Å². The van der Waals surface area contributed by atoms with Crippen molar-refractivity contribution >= 4 is 40.0 Å². The maximum absolute atomic E-state index is 12.9. The van der Waals surface area contributed by atoms with Crippen molar-refractivity contribution in [2.75, 3.05) is 24.3 Å². The van der Waals surface area contributed by atoms with E-state index < -0.39 is 0 Å². The minimum atomic E-state index is -0.360. The quantitative estimate of drug-likeness (QED) is 0.240. The summed E-state index contributed by atoms with van der Waals surface area (Å²) < 4.78 is 13.1. The number of hydrogen-bond donors (Lipinski definition) is 1. The second kappa shape index (κ2) is 12.6. The van der Waals surface area contributed by atoms with Crippen molar-refractivity contribution in [3.8, 4) is 17.1 Å². The largest absolute Gasteiger partial charge is 0.493 e. The lowest BCUT2D eigenvalue weighted by atomic mass is 9.95. The van der Waals surface area contributed by atoms with Gasteiger partial charge in [0.2, 0.25) is 5.91 Å². The summed E-state index contributed by atoms with van der Waals surface area (Å²) in [7, 11) is 0. The summed E-state index contributed by atoms with van der Waals surface area (Å²) in [5.41, 5.74) is 2.50. The van der Waals surface area contributed by atoms with Gasteiger partial charge in [0.15, 0.2) is 11.0 Å². The zero-order valence-electron chi connectivity index (χ0n) is 21.8. The van der Waals surface area contributed by atoms with Crippen LogP contribution in [0.1, 0.15) is 61.3 Å². The van der Waals surface area contributed by atoms with Crippen LogP contribution in [0, 0.1) is 5.92 Å². The van der Waals surface area contributed by atoms with Crippen LogP contribution in [-0.4, -0.2) is 45.6 Å². The first-order valence-electron chi connectivity index (χ1n) is 12.8. The Bertz CT molecular complexity index is 1230. The van der Waals surface area contributed by atoms with E-state index in [-0.39, 0.29) is 17.6 Å². The number of nitrogens with one attached hydrogen (secondary N) is 1. The molecule has 2 heterocycles. The van der Waals surface area contributed by atoms with Crippen LogP contribution in [0.5, 0.6) is 5.75 Å². The zero-order chi connectivity index (χ0) is 26.4. The summed E-state index contributed by atoms with van der Waals surface area (Å²) >= 11 is 2.83. The molecule has 8 nitrogen and oxygen atoms in total. The third-order valence-corrected chi connectivity index (χ3v) is 8.14. The van der Waals surface area contributed by atoms with Crippen molar-refractivity contribution in [3.05, 3.63) is 40.3 Å². The molecule has 0 bridgehead atoms. The number of benzene rings is 1. The van der Waals surface area contributed by atoms with Gasteiger partial charge in [-0.1, -0.05) is 25.6 Å². The second-order valence-electron chi connectivity index (χ2n) is 9.25. The Morgan fingerprint density at radius 1 is 1.14 bits per heavy atom. The van der Waals surface area contributed by atoms with Gasteiger partial charge in [-0.15, -0.1) is 21.5 Å². The van der Waals surface area contributed by atoms with Crippen molar-refractivity contribution in [3.63, 3.8) is 0 Å². The van der Waals surface area contributed by atoms with Gasteiger partial charge < -0.3 is 19.4 Å². The van der Waals surface area contributed by atoms with E-state index in [1.165, 1.54) is 28.0 Å². The fraction of sp³-hybridized carbons (Fsp3) is 0.481. The number of ether oxygens (including phenoxy) is 2. The molecule has 1 aliphatic carbocycles. The number of carbonyl (C=O) groups excluding carboxylic acids is 2. The molecule has 0 saturated carbocycles. The van der Waals surface area contributed by atoms with Crippen molar-refractivity contribution in [1.29, 1.82) is 0 Å². The van der Waals surface area contributed by atoms with Gasteiger partial charge in [0.25, 0.3) is 0 Å². The molecule has 3 aromatic rings. The number of fused-ring (bicyclic) bond motifs is 1. The Morgan fingerprint density at radius 3 is 2.59 bits per heavy atom. The molecule has 0 spiro atoms. The Labute approximate surface area is 226 Å². The van der Waals surface area contributed by atoms with Gasteiger partial charge in [-0.25, -0.2) is 4.79 Å². The molecule has 0 atom stereocenters. The first-order valence-corrected chi connectivity index (χ1v) is 14.6. The third-order valence-electron chi connectivity index (χ3n) is 5.97. The number of aromatic nitrogens is 3. The molecule has 0 saturated heterocycles. The number of anilines is 1. The van der Waals surface area contributed by atoms with Crippen LogP contribution in [0.3, 0.4) is 0 Å². The molecule has 1 aliphatic rings. The first kappa shape index (κ1) is 27.2. The highest BCUT2D eigenvalue weighted by molar-refractivity contribution is 7.99. The average molecular weight is 543 g/mol. The van der Waals surface area contributed by atoms with Crippen LogP contribution in [0.2, 0.25) is 0 Å². The van der Waals surface area contributed by atoms with E-state index in [1.807, 2.05) is 35.8 Å². The molecule has 1 N–H and O–H groups in total. The number of thioether (sulfide) groups is 1. The van der Waals surface area contributed by atoms with Gasteiger partial charge in [0.1, 0.15) is 10.8 Å². The number of rotatable bonds is 11. The van der Waals surface area contributed by atoms with Crippen LogP contribution in [0.4, 0.5) is 5.00 Å². The van der Waals surface area contributed by atoms with E-state index in [0.29, 0.717) is 41.4 Å². The van der Waals surface area contributed by atoms with Crippen molar-refractivity contribution in [2.24, 2.45) is 5.92 Å². The number of nitrogens with zero attached hydrogens (tertiary/aromatic N) is 3. The number of aryl methyl sites for hydroxylation is 1. The predicted molar refractivity (Wildman–Crippen MR) is 148 cm³/mol. The Balaban J connectivity index is 1.43. The minimum Gasteiger partial charge on any atom is -0.493 e. The maximum Gasteiger partial charge on any atom is 0.341 e. The summed E-state index contributed by atoms with van der Waals surface area (Å²) in [5.74, 6) is 1.64. The molecule has 0 unspecified atom stereocenters. The van der Waals surface area contributed by atoms with Crippen molar-refractivity contribution in [2.45, 2.75) is 65.1 Å². The molecular weight excluding hydrogens is 508 g/mol. The summed E-state index contributed by atoms with van der Waals surface area (Å²) in [4.78, 5) is 26.7. The lowest BCUT2D eigenvalue weighted by Gasteiger charge is -2.12. The smallest absolute Gasteiger partial charge is 0.341 e. The Morgan fingerprint density at radius 2 is 1.89 bits per heavy atom. The zero-order valence-corrected chi connectivity index (χ0v) is 23.5. The molecule has 2 aromatic heterocycles. The van der Waals surface area contributed by atoms with Gasteiger partial charge in [-0.05, 0) is 75.3 Å². The van der Waals surface area contributed by atoms with E-state index in [1.54, 1.807) is 6.92 Å². The van der Waals surface area contributed by atoms with Gasteiger partial charge in [-0.3, -0.25) is 4.79 Å². The number of carbonyl (C=O) groups is 2. The number of esters is 1. The maximum atomic E-state index is 12.9. The van der Waals surface area contributed by atoms with Crippen LogP contribution >= 0.6 is 23.1 Å². The Kier molecular flexibility index (Phi) is 9.26. The summed E-state index contributed by atoms with van der Waals surface area (Å²) in [6.45, 7) is 9.69. The fourth-order valence-corrected chi connectivity index (χ4v) is 6.32. The molecule has 198 valence electrons. The van der Waals surface area contributed by atoms with Crippen LogP contribution in [0.15, 0.2) is 29.4 Å². The van der Waals surface area contributed by atoms with Crippen LogP contribution in [-0.2, 0) is 28.9 Å². The highest BCUT2D eigenvalue weighted by atomic mass is 32.2. The lowest BCUT2D eigenvalue weighted by Crippen LogP contribution is -2.17. The molecule has 0 fully saturated rings. The molecular formula is C27H34N4O4S2. The van der Waals surface area contributed by atoms with Crippen molar-refractivity contribution in [1.82, 2.24) is 14.8 Å². The summed E-state index contributed by atoms with van der Waals surface area (Å²) in [5, 5.41) is 13.0. The average Bonchev–Trinajstić information content (AvgIpc) is 3.47. The number of hydrogen-bond acceptors (Lipinski definition) is 8. The van der Waals surface area contributed by atoms with E-state index in [4.69, 9.17) is 9.47 Å². The molecule has 1 aromatic carbocycles. The van der Waals surface area contributed by atoms with E-state index in [2.05, 4.69) is 29.4 Å². The predicted octanol–water partition coefficient (Wildman–Crippen LogP) is 5.85. The fourth-order valence-electron chi connectivity index (χ4n) is 4.22. The monoisotopic (exact) mass is 542 g/mol. The molecule has 0 aliphatic heterocycles. The minimum absolute atomic E-state index is 0.158. The first-order chi connectivity index (χ1) is 17.9. The normalized spacial score (nSPS) is 12.9. The number of amides is 1. The van der Waals surface area contributed by atoms with Gasteiger partial charge >= 0.3 is 5.97 Å². The van der Waals surface area contributed by atoms with Crippen LogP contribution in [0.25, 0.3) is 11.4 Å². The van der Waals surface area contributed by atoms with E-state index >= 15 is 0 Å². The topological polar surface area (TPSA) is 95.3 Å². The van der Waals surface area contributed by atoms with Gasteiger partial charge in [0.05, 0.1) is 24.5 Å². The molecule has 10 heteroatoms. The van der Waals surface area contributed by atoms with Gasteiger partial charge in [0, 0.05) is 17.0 Å². The molecule has 37 heavy (non-hydrogen) atoms. The summed E-state index contributed by atoms with van der Waals surface area (Å²) in [6.07, 6.45) is 3.92. The third kappa shape index (κ3) is 6.54. The second-order valence-corrected chi connectivity index (χ2v) is 11.3. The van der Waals surface area contributed by atoms with Crippen molar-refractivity contribution < 1.29 is 19.1 Å². The van der Waals surface area contributed by atoms with Crippen LogP contribution < -0.4 is 10.1 Å². The Hall–Kier alpha value is -2.85. The standard InChI is InChI=1S/C27H34N4O4S2/c1-5-31-24(18-11-13-19(14-12-18)35-15-17(3)4)29-30-27(31)36-16-22(32)28-25-23(26(33)34-6-2)20-9-7-8-10-21(20)37-25/h11-14,17H,5-10,15-16H2,1-4H3,(H,28,32). The molecule has 0 radical (unpaired) electrons. The summed E-state index contributed by atoms with van der Waals surface area (Å²) in [6, 6.07) is 7.83. The number of thiophene rings is 1. The molecule has 1 amide bonds. The van der Waals surface area contributed by atoms with E-state index in [9.17, 15) is 9.59 Å².